The van der Waals surface area contributed by atoms with Crippen molar-refractivity contribution in [3.05, 3.63) is 101 Å². The highest BCUT2D eigenvalue weighted by Gasteiger charge is 2.71. The van der Waals surface area contributed by atoms with Crippen molar-refractivity contribution in [2.45, 2.75) is 116 Å². The number of ether oxygens (including phenoxy) is 3. The lowest BCUT2D eigenvalue weighted by molar-refractivity contribution is -0.142. The Balaban J connectivity index is 1.16. The molecule has 0 radical (unpaired) electrons. The fourth-order valence-electron chi connectivity index (χ4n) is 8.95. The number of alkyl carbamates (subject to hydrolysis) is 1. The van der Waals surface area contributed by atoms with Crippen LogP contribution in [0, 0.1) is 18.3 Å². The topological polar surface area (TPSA) is 180 Å². The van der Waals surface area contributed by atoms with Gasteiger partial charge in [0.15, 0.2) is 10.4 Å². The molecule has 2 saturated carbocycles. The summed E-state index contributed by atoms with van der Waals surface area (Å²) in [4.78, 5) is 55.1. The first-order chi connectivity index (χ1) is 32.9. The van der Waals surface area contributed by atoms with E-state index in [4.69, 9.17) is 44.8 Å². The molecule has 1 unspecified atom stereocenters. The smallest absolute Gasteiger partial charge is 0.456 e. The molecule has 3 fully saturated rings. The highest BCUT2D eigenvalue weighted by atomic mass is 35.5. The van der Waals surface area contributed by atoms with Crippen molar-refractivity contribution < 1.29 is 42.2 Å². The largest absolute Gasteiger partial charge is 0.497 e. The van der Waals surface area contributed by atoms with Gasteiger partial charge in [0.25, 0.3) is 0 Å². The number of pyridine rings is 1. The predicted molar refractivity (Wildman–Crippen MR) is 268 cm³/mol. The maximum Gasteiger partial charge on any atom is 0.456 e. The van der Waals surface area contributed by atoms with Gasteiger partial charge in [0, 0.05) is 46.3 Å². The monoisotopic (exact) mass is 998 g/mol. The molecule has 3 N–H and O–H groups in total. The summed E-state index contributed by atoms with van der Waals surface area (Å²) in [6.07, 6.45) is 3.48. The van der Waals surface area contributed by atoms with Crippen LogP contribution in [0.3, 0.4) is 0 Å². The van der Waals surface area contributed by atoms with Crippen LogP contribution in [0.4, 0.5) is 9.93 Å². The van der Waals surface area contributed by atoms with Gasteiger partial charge in [-0.2, -0.15) is 0 Å². The first-order valence-electron chi connectivity index (χ1n) is 23.3. The molecule has 2 aromatic heterocycles. The molecule has 2 aliphatic carbocycles. The van der Waals surface area contributed by atoms with Crippen molar-refractivity contribution in [3.8, 4) is 34.4 Å². The molecule has 5 aromatic rings. The minimum atomic E-state index is -4.43. The van der Waals surface area contributed by atoms with Gasteiger partial charge in [0.05, 0.1) is 24.9 Å². The second-order valence-corrected chi connectivity index (χ2v) is 22.8. The number of methoxy groups -OCH3 is 1. The number of nitrogens with one attached hydrogen (secondary N) is 3. The Morgan fingerprint density at radius 1 is 0.957 bits per heavy atom. The van der Waals surface area contributed by atoms with E-state index in [1.807, 2.05) is 71.2 Å². The third-order valence-corrected chi connectivity index (χ3v) is 16.1. The zero-order valence-electron chi connectivity index (χ0n) is 40.0. The average Bonchev–Trinajstić information content (AvgIpc) is 3.69. The molecule has 0 spiro atoms. The fraction of sp³-hybridized carbons (Fsp3) is 0.431. The molecular weight excluding hydrogens is 939 g/mol. The number of halogens is 1. The molecule has 6 atom stereocenters. The van der Waals surface area contributed by atoms with Crippen LogP contribution < -0.4 is 34.5 Å². The molecule has 0 bridgehead atoms. The lowest BCUT2D eigenvalue weighted by Crippen LogP contribution is -2.58. The van der Waals surface area contributed by atoms with Gasteiger partial charge >= 0.3 is 13.7 Å². The number of amides is 3. The second-order valence-electron chi connectivity index (χ2n) is 19.4. The summed E-state index contributed by atoms with van der Waals surface area (Å²) in [7, 11) is -2.85. The van der Waals surface area contributed by atoms with Crippen LogP contribution in [0.1, 0.15) is 78.7 Å². The van der Waals surface area contributed by atoms with E-state index in [1.165, 1.54) is 22.3 Å². The Morgan fingerprint density at radius 2 is 1.68 bits per heavy atom. The van der Waals surface area contributed by atoms with Gasteiger partial charge in [0.1, 0.15) is 53.0 Å². The van der Waals surface area contributed by atoms with E-state index in [1.54, 1.807) is 55.7 Å². The summed E-state index contributed by atoms with van der Waals surface area (Å²) in [5.41, 5.74) is 1.79. The molecule has 18 heteroatoms. The van der Waals surface area contributed by atoms with Crippen LogP contribution in [0.5, 0.6) is 23.0 Å². The maximum absolute atomic E-state index is 15.6. The molecule has 15 nitrogen and oxygen atoms in total. The Morgan fingerprint density at radius 3 is 2.33 bits per heavy atom. The quantitative estimate of drug-likeness (QED) is 0.0594. The van der Waals surface area contributed by atoms with Crippen LogP contribution in [0.25, 0.3) is 22.3 Å². The van der Waals surface area contributed by atoms with E-state index >= 15 is 14.2 Å². The first kappa shape index (κ1) is 49.6. The van der Waals surface area contributed by atoms with E-state index in [0.717, 1.165) is 36.4 Å². The van der Waals surface area contributed by atoms with E-state index in [9.17, 15) is 4.79 Å². The van der Waals surface area contributed by atoms with Gasteiger partial charge < -0.3 is 44.1 Å². The summed E-state index contributed by atoms with van der Waals surface area (Å²) >= 11 is 7.83. The average molecular weight is 1000 g/mol. The third-order valence-electron chi connectivity index (χ3n) is 12.6. The maximum atomic E-state index is 15.6. The molecule has 69 heavy (non-hydrogen) atoms. The minimum Gasteiger partial charge on any atom is -0.497 e. The highest BCUT2D eigenvalue weighted by molar-refractivity contribution is 7.57. The standard InChI is InChI=1S/C51H60ClN6O9PS/c1-9-32-27-51(32,68(62,66-36-18-12-14-31(4)22-36)67-37-19-13-15-33(52)23-37)57-46(59)43-25-38(28-58(43)47(60)45(50(5,6)7)56-49(61)65-34-16-10-11-17-34)64-44-26-41(42-29-69-48(55-42)53-30(2)3)54-40-24-35(63-8)20-21-39(40)44/h9,12-15,18-24,26,29-30,32,34,38,43,45H,1,10-11,16-17,25,27-28H2,2-8H3,(H,53,55)(H,56,61)(H,57,59)/t32-,38-,43+,45-,51+,68?/m1/s1. The fourth-order valence-corrected chi connectivity index (χ4v) is 12.3. The molecule has 366 valence electrons. The van der Waals surface area contributed by atoms with E-state index in [0.29, 0.717) is 38.8 Å². The van der Waals surface area contributed by atoms with Crippen LogP contribution in [0.2, 0.25) is 5.02 Å². The lowest BCUT2D eigenvalue weighted by Gasteiger charge is -2.36. The molecule has 3 aromatic carbocycles. The summed E-state index contributed by atoms with van der Waals surface area (Å²) < 4.78 is 46.6. The van der Waals surface area contributed by atoms with Crippen LogP contribution in [-0.4, -0.2) is 82.0 Å². The van der Waals surface area contributed by atoms with E-state index < -0.39 is 60.3 Å². The zero-order valence-corrected chi connectivity index (χ0v) is 42.4. The molecule has 3 aliphatic rings. The number of aromatic nitrogens is 2. The van der Waals surface area contributed by atoms with Crippen molar-refractivity contribution in [2.75, 3.05) is 19.0 Å². The Bertz CT molecular complexity index is 2730. The van der Waals surface area contributed by atoms with Crippen molar-refractivity contribution in [3.63, 3.8) is 0 Å². The van der Waals surface area contributed by atoms with Gasteiger partial charge in [-0.3, -0.25) is 9.59 Å². The molecular formula is C51H60ClN6O9PS. The zero-order chi connectivity index (χ0) is 49.3. The Kier molecular flexibility index (Phi) is 14.6. The summed E-state index contributed by atoms with van der Waals surface area (Å²) in [6, 6.07) is 18.6. The van der Waals surface area contributed by atoms with Crippen molar-refractivity contribution in [2.24, 2.45) is 11.3 Å². The van der Waals surface area contributed by atoms with Crippen LogP contribution in [-0.2, 0) is 18.9 Å². The normalized spacial score (nSPS) is 21.5. The van der Waals surface area contributed by atoms with Crippen molar-refractivity contribution in [1.29, 1.82) is 0 Å². The summed E-state index contributed by atoms with van der Waals surface area (Å²) in [5.74, 6) is -0.217. The SMILES string of the molecule is C=C[C@@H]1C[C@]1(NC(=O)[C@@H]1C[C@@H](Oc2cc(-c3csc(NC(C)C)n3)nc3cc(OC)ccc23)CN1C(=O)[C@@H](NC(=O)OC1CCCC1)C(C)(C)C)P(=O)(Oc1cccc(C)c1)Oc1cccc(Cl)c1. The molecule has 8 rings (SSSR count). The third kappa shape index (κ3) is 11.1. The Hall–Kier alpha value is -5.83. The van der Waals surface area contributed by atoms with Crippen molar-refractivity contribution in [1.82, 2.24) is 25.5 Å². The second kappa shape index (κ2) is 20.3. The number of nitrogens with zero attached hydrogens (tertiary/aromatic N) is 3. The molecule has 1 aliphatic heterocycles. The summed E-state index contributed by atoms with van der Waals surface area (Å²) in [6.45, 7) is 15.4. The first-order valence-corrected chi connectivity index (χ1v) is 26.1. The number of carbonyl (C=O) groups excluding carboxylic acids is 3. The number of hydrogen-bond donors (Lipinski definition) is 3. The Labute approximate surface area is 412 Å². The van der Waals surface area contributed by atoms with Gasteiger partial charge in [-0.05, 0) is 106 Å². The number of hydrogen-bond acceptors (Lipinski definition) is 13. The highest BCUT2D eigenvalue weighted by Crippen LogP contribution is 2.72. The van der Waals surface area contributed by atoms with Gasteiger partial charge in [-0.1, -0.05) is 56.6 Å². The number of fused-ring (bicyclic) bond motifs is 1. The number of thiazole rings is 1. The number of rotatable bonds is 17. The van der Waals surface area contributed by atoms with E-state index in [2.05, 4.69) is 22.5 Å². The number of benzene rings is 3. The number of aryl methyl sites for hydroxylation is 1. The number of likely N-dealkylation sites (tertiary alicyclic amines) is 1. The van der Waals surface area contributed by atoms with Crippen LogP contribution in [0.15, 0.2) is 90.8 Å². The number of anilines is 1. The van der Waals surface area contributed by atoms with E-state index in [-0.39, 0.29) is 43.0 Å². The lowest BCUT2D eigenvalue weighted by atomic mass is 9.85. The van der Waals surface area contributed by atoms with Crippen molar-refractivity contribution >= 4 is 64.5 Å². The minimum absolute atomic E-state index is 0.0163. The van der Waals surface area contributed by atoms with Gasteiger partial charge in [-0.25, -0.2) is 19.3 Å². The molecule has 3 amide bonds. The summed E-state index contributed by atoms with van der Waals surface area (Å²) in [5, 5.41) is 11.4. The predicted octanol–water partition coefficient (Wildman–Crippen LogP) is 11.0. The molecule has 3 heterocycles. The van der Waals surface area contributed by atoms with Gasteiger partial charge in [0.2, 0.25) is 11.8 Å². The van der Waals surface area contributed by atoms with Gasteiger partial charge in [-0.15, -0.1) is 17.9 Å². The molecule has 1 saturated heterocycles. The number of carbonyl (C=O) groups is 3. The van der Waals surface area contributed by atoms with Crippen LogP contribution >= 0.6 is 30.5 Å².